The summed E-state index contributed by atoms with van der Waals surface area (Å²) in [6, 6.07) is 3.62. The number of hydrogen-bond acceptors (Lipinski definition) is 4. The minimum Gasteiger partial charge on any atom is -0.379 e. The molecule has 5 nitrogen and oxygen atoms in total. The van der Waals surface area contributed by atoms with E-state index in [0.29, 0.717) is 25.3 Å². The van der Waals surface area contributed by atoms with Gasteiger partial charge >= 0.3 is 0 Å². The van der Waals surface area contributed by atoms with Gasteiger partial charge < -0.3 is 14.8 Å². The van der Waals surface area contributed by atoms with Gasteiger partial charge in [-0.25, -0.2) is 0 Å². The molecule has 0 spiro atoms. The second kappa shape index (κ2) is 7.97. The molecule has 2 heterocycles. The fourth-order valence-electron chi connectivity index (χ4n) is 2.07. The predicted molar refractivity (Wildman–Crippen MR) is 75.7 cm³/mol. The number of nitrogens with zero attached hydrogens (tertiary/aromatic N) is 1. The van der Waals surface area contributed by atoms with E-state index in [-0.39, 0.29) is 12.0 Å². The highest BCUT2D eigenvalue weighted by Crippen LogP contribution is 2.11. The number of hydrogen-bond donors (Lipinski definition) is 1. The van der Waals surface area contributed by atoms with Gasteiger partial charge in [-0.1, -0.05) is 0 Å². The van der Waals surface area contributed by atoms with E-state index in [9.17, 15) is 4.79 Å². The number of carbonyl (C=O) groups excluding carboxylic acids is 1. The van der Waals surface area contributed by atoms with Gasteiger partial charge in [0, 0.05) is 31.6 Å². The number of amides is 1. The minimum absolute atomic E-state index is 0.0865. The van der Waals surface area contributed by atoms with Crippen LogP contribution < -0.4 is 5.32 Å². The molecule has 1 unspecified atom stereocenters. The smallest absolute Gasteiger partial charge is 0.252 e. The molecule has 0 radical (unpaired) electrons. The fourth-order valence-corrected chi connectivity index (χ4v) is 2.07. The summed E-state index contributed by atoms with van der Waals surface area (Å²) < 4.78 is 11.0. The Morgan fingerprint density at radius 1 is 1.55 bits per heavy atom. The third-order valence-electron chi connectivity index (χ3n) is 3.25. The molecule has 20 heavy (non-hydrogen) atoms. The van der Waals surface area contributed by atoms with Crippen LogP contribution in [0.2, 0.25) is 0 Å². The first-order valence-electron chi connectivity index (χ1n) is 7.16. The van der Waals surface area contributed by atoms with Crippen LogP contribution in [-0.4, -0.2) is 43.4 Å². The van der Waals surface area contributed by atoms with Crippen LogP contribution in [0.15, 0.2) is 18.3 Å². The predicted octanol–water partition coefficient (Wildman–Crippen LogP) is 1.71. The molecule has 0 aromatic carbocycles. The molecule has 1 aromatic rings. The van der Waals surface area contributed by atoms with Gasteiger partial charge in [0.05, 0.1) is 18.3 Å². The standard InChI is InChI=1S/C15H22N2O3/c1-12-5-6-13(10-17-12)15(18)16-7-3-8-19-11-14-4-2-9-20-14/h5-6,10,14H,2-4,7-9,11H2,1H3,(H,16,18). The van der Waals surface area contributed by atoms with Gasteiger partial charge in [0.2, 0.25) is 0 Å². The van der Waals surface area contributed by atoms with Crippen molar-refractivity contribution in [2.45, 2.75) is 32.3 Å². The summed E-state index contributed by atoms with van der Waals surface area (Å²) in [5.41, 5.74) is 1.50. The second-order valence-corrected chi connectivity index (χ2v) is 5.01. The topological polar surface area (TPSA) is 60.5 Å². The van der Waals surface area contributed by atoms with Crippen molar-refractivity contribution in [3.05, 3.63) is 29.6 Å². The van der Waals surface area contributed by atoms with Crippen molar-refractivity contribution in [1.29, 1.82) is 0 Å². The zero-order valence-corrected chi connectivity index (χ0v) is 11.9. The Bertz CT molecular complexity index is 414. The molecule has 5 heteroatoms. The summed E-state index contributed by atoms with van der Waals surface area (Å²) in [4.78, 5) is 15.9. The third kappa shape index (κ3) is 4.90. The van der Waals surface area contributed by atoms with Crippen molar-refractivity contribution >= 4 is 5.91 Å². The lowest BCUT2D eigenvalue weighted by atomic mass is 10.2. The van der Waals surface area contributed by atoms with Crippen LogP contribution >= 0.6 is 0 Å². The highest BCUT2D eigenvalue weighted by atomic mass is 16.5. The van der Waals surface area contributed by atoms with E-state index in [4.69, 9.17) is 9.47 Å². The van der Waals surface area contributed by atoms with Gasteiger partial charge in [-0.05, 0) is 38.3 Å². The summed E-state index contributed by atoms with van der Waals surface area (Å²) >= 11 is 0. The first-order valence-corrected chi connectivity index (χ1v) is 7.16. The molecule has 1 atom stereocenters. The molecule has 0 saturated carbocycles. The number of carbonyl (C=O) groups is 1. The van der Waals surface area contributed by atoms with Crippen LogP contribution in [0.4, 0.5) is 0 Å². The second-order valence-electron chi connectivity index (χ2n) is 5.01. The molecule has 1 aliphatic rings. The maximum absolute atomic E-state index is 11.8. The Balaban J connectivity index is 1.54. The maximum Gasteiger partial charge on any atom is 0.252 e. The van der Waals surface area contributed by atoms with Gasteiger partial charge in [-0.15, -0.1) is 0 Å². The Hall–Kier alpha value is -1.46. The fraction of sp³-hybridized carbons (Fsp3) is 0.600. The zero-order chi connectivity index (χ0) is 14.2. The number of rotatable bonds is 7. The van der Waals surface area contributed by atoms with Crippen LogP contribution in [0.5, 0.6) is 0 Å². The molecular formula is C15H22N2O3. The SMILES string of the molecule is Cc1ccc(C(=O)NCCCOCC2CCCO2)cn1. The molecule has 0 bridgehead atoms. The molecule has 2 rings (SSSR count). The van der Waals surface area contributed by atoms with Crippen molar-refractivity contribution < 1.29 is 14.3 Å². The molecular weight excluding hydrogens is 256 g/mol. The Morgan fingerprint density at radius 2 is 2.45 bits per heavy atom. The average Bonchev–Trinajstić information content (AvgIpc) is 2.96. The van der Waals surface area contributed by atoms with Crippen molar-refractivity contribution in [3.8, 4) is 0 Å². The lowest BCUT2D eigenvalue weighted by Gasteiger charge is -2.10. The highest BCUT2D eigenvalue weighted by Gasteiger charge is 2.14. The van der Waals surface area contributed by atoms with Gasteiger partial charge in [-0.3, -0.25) is 9.78 Å². The van der Waals surface area contributed by atoms with Crippen molar-refractivity contribution in [2.24, 2.45) is 0 Å². The van der Waals surface area contributed by atoms with Crippen molar-refractivity contribution in [2.75, 3.05) is 26.4 Å². The Kier molecular flexibility index (Phi) is 5.95. The summed E-state index contributed by atoms with van der Waals surface area (Å²) in [7, 11) is 0. The van der Waals surface area contributed by atoms with Crippen LogP contribution in [0.3, 0.4) is 0 Å². The van der Waals surface area contributed by atoms with E-state index in [0.717, 1.165) is 31.6 Å². The van der Waals surface area contributed by atoms with Crippen LogP contribution in [0.1, 0.15) is 35.3 Å². The monoisotopic (exact) mass is 278 g/mol. The zero-order valence-electron chi connectivity index (χ0n) is 11.9. The molecule has 110 valence electrons. The first kappa shape index (κ1) is 14.9. The summed E-state index contributed by atoms with van der Waals surface area (Å²) in [6.07, 6.45) is 4.89. The lowest BCUT2D eigenvalue weighted by Crippen LogP contribution is -2.25. The quantitative estimate of drug-likeness (QED) is 0.771. The minimum atomic E-state index is -0.0865. The number of pyridine rings is 1. The summed E-state index contributed by atoms with van der Waals surface area (Å²) in [6.45, 7) is 4.67. The maximum atomic E-state index is 11.8. The molecule has 1 aliphatic heterocycles. The van der Waals surface area contributed by atoms with E-state index in [1.807, 2.05) is 13.0 Å². The highest BCUT2D eigenvalue weighted by molar-refractivity contribution is 5.93. The molecule has 1 saturated heterocycles. The van der Waals surface area contributed by atoms with Crippen LogP contribution in [0, 0.1) is 6.92 Å². The van der Waals surface area contributed by atoms with E-state index < -0.39 is 0 Å². The van der Waals surface area contributed by atoms with E-state index in [1.165, 1.54) is 0 Å². The van der Waals surface area contributed by atoms with Crippen LogP contribution in [-0.2, 0) is 9.47 Å². The van der Waals surface area contributed by atoms with Gasteiger partial charge in [0.1, 0.15) is 0 Å². The number of aromatic nitrogens is 1. The van der Waals surface area contributed by atoms with E-state index >= 15 is 0 Å². The van der Waals surface area contributed by atoms with Crippen molar-refractivity contribution in [3.63, 3.8) is 0 Å². The lowest BCUT2D eigenvalue weighted by molar-refractivity contribution is 0.0166. The van der Waals surface area contributed by atoms with Crippen LogP contribution in [0.25, 0.3) is 0 Å². The Labute approximate surface area is 119 Å². The average molecular weight is 278 g/mol. The summed E-state index contributed by atoms with van der Waals surface area (Å²) in [5.74, 6) is -0.0865. The number of aryl methyl sites for hydroxylation is 1. The Morgan fingerprint density at radius 3 is 3.15 bits per heavy atom. The summed E-state index contributed by atoms with van der Waals surface area (Å²) in [5, 5.41) is 2.86. The number of nitrogens with one attached hydrogen (secondary N) is 1. The van der Waals surface area contributed by atoms with Crippen molar-refractivity contribution in [1.82, 2.24) is 10.3 Å². The molecule has 0 aliphatic carbocycles. The third-order valence-corrected chi connectivity index (χ3v) is 3.25. The van der Waals surface area contributed by atoms with E-state index in [1.54, 1.807) is 12.3 Å². The largest absolute Gasteiger partial charge is 0.379 e. The van der Waals surface area contributed by atoms with Gasteiger partial charge in [-0.2, -0.15) is 0 Å². The normalized spacial score (nSPS) is 18.1. The number of ether oxygens (including phenoxy) is 2. The first-order chi connectivity index (χ1) is 9.75. The molecule has 1 fully saturated rings. The molecule has 1 amide bonds. The van der Waals surface area contributed by atoms with E-state index in [2.05, 4.69) is 10.3 Å². The molecule has 1 aromatic heterocycles. The van der Waals surface area contributed by atoms with Gasteiger partial charge in [0.25, 0.3) is 5.91 Å². The molecule has 1 N–H and O–H groups in total. The van der Waals surface area contributed by atoms with Gasteiger partial charge in [0.15, 0.2) is 0 Å².